The number of aliphatic hydroxyl groups is 1. The zero-order valence-corrected chi connectivity index (χ0v) is 9.82. The van der Waals surface area contributed by atoms with Crippen molar-refractivity contribution in [2.24, 2.45) is 0 Å². The Balaban J connectivity index is 0. The summed E-state index contributed by atoms with van der Waals surface area (Å²) in [6.07, 6.45) is 1.56. The summed E-state index contributed by atoms with van der Waals surface area (Å²) in [4.78, 5) is 20.3. The van der Waals surface area contributed by atoms with Crippen molar-refractivity contribution >= 4 is 11.9 Å². The maximum atomic E-state index is 10.5. The standard InChI is InChI=1S/C6H10O3.C5H8O2/c1-5(2)6(8)9-4-3-7;1-3-4(2)5(6)7/h7H,1,3-4H2,2H3;3H,1-2H3,(H,6,7)/b;4-3+. The van der Waals surface area contributed by atoms with E-state index in [0.29, 0.717) is 11.1 Å². The fourth-order valence-electron chi connectivity index (χ4n) is 0.385. The van der Waals surface area contributed by atoms with Crippen LogP contribution in [0.5, 0.6) is 0 Å². The number of aliphatic hydroxyl groups excluding tert-OH is 1. The Morgan fingerprint density at radius 3 is 2.06 bits per heavy atom. The van der Waals surface area contributed by atoms with E-state index in [0.717, 1.165) is 0 Å². The van der Waals surface area contributed by atoms with Crippen LogP contribution in [0.3, 0.4) is 0 Å². The third kappa shape index (κ3) is 10.5. The van der Waals surface area contributed by atoms with E-state index in [9.17, 15) is 9.59 Å². The summed E-state index contributed by atoms with van der Waals surface area (Å²) < 4.78 is 4.46. The van der Waals surface area contributed by atoms with Gasteiger partial charge in [-0.05, 0) is 20.8 Å². The number of hydrogen-bond donors (Lipinski definition) is 2. The van der Waals surface area contributed by atoms with Crippen molar-refractivity contribution < 1.29 is 24.5 Å². The molecule has 0 saturated heterocycles. The molecular weight excluding hydrogens is 212 g/mol. The van der Waals surface area contributed by atoms with Crippen LogP contribution >= 0.6 is 0 Å². The Hall–Kier alpha value is -1.62. The van der Waals surface area contributed by atoms with Crippen LogP contribution in [0.4, 0.5) is 0 Å². The molecule has 0 aliphatic heterocycles. The normalized spacial score (nSPS) is 9.88. The molecule has 0 aliphatic rings. The molecule has 0 unspecified atom stereocenters. The largest absolute Gasteiger partial charge is 0.478 e. The fourth-order valence-corrected chi connectivity index (χ4v) is 0.385. The number of allylic oxidation sites excluding steroid dienone is 1. The van der Waals surface area contributed by atoms with Gasteiger partial charge in [-0.2, -0.15) is 0 Å². The lowest BCUT2D eigenvalue weighted by atomic mass is 10.3. The second kappa shape index (κ2) is 9.92. The maximum Gasteiger partial charge on any atom is 0.333 e. The van der Waals surface area contributed by atoms with Crippen molar-refractivity contribution in [3.63, 3.8) is 0 Å². The van der Waals surface area contributed by atoms with Crippen molar-refractivity contribution in [1.29, 1.82) is 0 Å². The average molecular weight is 230 g/mol. The summed E-state index contributed by atoms with van der Waals surface area (Å²) in [5.41, 5.74) is 0.739. The van der Waals surface area contributed by atoms with E-state index in [1.54, 1.807) is 26.8 Å². The van der Waals surface area contributed by atoms with Gasteiger partial charge in [0.15, 0.2) is 0 Å². The highest BCUT2D eigenvalue weighted by molar-refractivity contribution is 5.86. The molecule has 0 bridgehead atoms. The summed E-state index contributed by atoms with van der Waals surface area (Å²) in [6, 6.07) is 0. The molecule has 0 aromatic heterocycles. The van der Waals surface area contributed by atoms with Gasteiger partial charge in [0.1, 0.15) is 6.61 Å². The molecule has 0 aromatic carbocycles. The van der Waals surface area contributed by atoms with E-state index in [1.165, 1.54) is 0 Å². The van der Waals surface area contributed by atoms with Crippen molar-refractivity contribution in [2.75, 3.05) is 13.2 Å². The molecule has 0 atom stereocenters. The number of carboxylic acids is 1. The zero-order valence-electron chi connectivity index (χ0n) is 9.82. The van der Waals surface area contributed by atoms with Gasteiger partial charge in [0.2, 0.25) is 0 Å². The van der Waals surface area contributed by atoms with Gasteiger partial charge in [-0.1, -0.05) is 12.7 Å². The third-order valence-corrected chi connectivity index (χ3v) is 1.44. The summed E-state index contributed by atoms with van der Waals surface area (Å²) >= 11 is 0. The smallest absolute Gasteiger partial charge is 0.333 e. The molecule has 0 heterocycles. The van der Waals surface area contributed by atoms with E-state index in [1.807, 2.05) is 0 Å². The van der Waals surface area contributed by atoms with Crippen molar-refractivity contribution in [1.82, 2.24) is 0 Å². The molecule has 0 rings (SSSR count). The number of carbonyl (C=O) groups is 2. The lowest BCUT2D eigenvalue weighted by molar-refractivity contribution is -0.140. The minimum absolute atomic E-state index is 0.0473. The van der Waals surface area contributed by atoms with Crippen LogP contribution in [0.25, 0.3) is 0 Å². The van der Waals surface area contributed by atoms with Crippen molar-refractivity contribution in [3.05, 3.63) is 23.8 Å². The molecule has 92 valence electrons. The molecule has 0 spiro atoms. The van der Waals surface area contributed by atoms with E-state index < -0.39 is 11.9 Å². The first-order valence-corrected chi connectivity index (χ1v) is 4.66. The maximum absolute atomic E-state index is 10.5. The molecule has 0 fully saturated rings. The van der Waals surface area contributed by atoms with Gasteiger partial charge in [-0.15, -0.1) is 0 Å². The molecule has 0 saturated carbocycles. The second-order valence-corrected chi connectivity index (χ2v) is 2.92. The highest BCUT2D eigenvalue weighted by atomic mass is 16.5. The average Bonchev–Trinajstić information content (AvgIpc) is 2.25. The van der Waals surface area contributed by atoms with Gasteiger partial charge in [0, 0.05) is 11.1 Å². The lowest BCUT2D eigenvalue weighted by Gasteiger charge is -1.99. The van der Waals surface area contributed by atoms with Crippen LogP contribution in [0.1, 0.15) is 20.8 Å². The SMILES string of the molecule is C/C=C(\C)C(=O)O.C=C(C)C(=O)OCCO. The molecular formula is C11H18O5. The first-order chi connectivity index (χ1) is 7.36. The first-order valence-electron chi connectivity index (χ1n) is 4.66. The molecule has 5 nitrogen and oxygen atoms in total. The van der Waals surface area contributed by atoms with Crippen LogP contribution in [-0.2, 0) is 14.3 Å². The van der Waals surface area contributed by atoms with Crippen LogP contribution in [0.2, 0.25) is 0 Å². The van der Waals surface area contributed by atoms with Gasteiger partial charge < -0.3 is 14.9 Å². The molecule has 2 N–H and O–H groups in total. The Bertz CT molecular complexity index is 278. The van der Waals surface area contributed by atoms with Crippen LogP contribution in [0, 0.1) is 0 Å². The molecule has 5 heteroatoms. The van der Waals surface area contributed by atoms with Crippen LogP contribution in [0.15, 0.2) is 23.8 Å². The number of carbonyl (C=O) groups excluding carboxylic acids is 1. The molecule has 0 aliphatic carbocycles. The zero-order chi connectivity index (χ0) is 13.1. The topological polar surface area (TPSA) is 83.8 Å². The Kier molecular flexibility index (Phi) is 10.4. The van der Waals surface area contributed by atoms with E-state index in [4.69, 9.17) is 10.2 Å². The van der Waals surface area contributed by atoms with Gasteiger partial charge >= 0.3 is 11.9 Å². The Labute approximate surface area is 95.0 Å². The first kappa shape index (κ1) is 16.8. The number of esters is 1. The summed E-state index contributed by atoms with van der Waals surface area (Å²) in [5.74, 6) is -1.30. The number of hydrogen-bond acceptors (Lipinski definition) is 4. The Morgan fingerprint density at radius 2 is 1.88 bits per heavy atom. The van der Waals surface area contributed by atoms with Gasteiger partial charge in [0.25, 0.3) is 0 Å². The highest BCUT2D eigenvalue weighted by Crippen LogP contribution is 1.90. The van der Waals surface area contributed by atoms with Gasteiger partial charge in [-0.25, -0.2) is 9.59 Å². The van der Waals surface area contributed by atoms with Crippen molar-refractivity contribution in [3.8, 4) is 0 Å². The highest BCUT2D eigenvalue weighted by Gasteiger charge is 1.99. The minimum Gasteiger partial charge on any atom is -0.478 e. The molecule has 0 radical (unpaired) electrons. The van der Waals surface area contributed by atoms with Gasteiger partial charge in [-0.3, -0.25) is 0 Å². The number of carboxylic acid groups (broad SMARTS) is 1. The molecule has 16 heavy (non-hydrogen) atoms. The minimum atomic E-state index is -0.845. The quantitative estimate of drug-likeness (QED) is 0.558. The third-order valence-electron chi connectivity index (χ3n) is 1.44. The van der Waals surface area contributed by atoms with Crippen LogP contribution in [-0.4, -0.2) is 35.4 Å². The summed E-state index contributed by atoms with van der Waals surface area (Å²) in [7, 11) is 0. The van der Waals surface area contributed by atoms with E-state index in [-0.39, 0.29) is 13.2 Å². The van der Waals surface area contributed by atoms with Crippen LogP contribution < -0.4 is 0 Å². The number of rotatable bonds is 4. The second-order valence-electron chi connectivity index (χ2n) is 2.92. The van der Waals surface area contributed by atoms with Crippen molar-refractivity contribution in [2.45, 2.75) is 20.8 Å². The summed E-state index contributed by atoms with van der Waals surface area (Å²) in [5, 5.41) is 16.3. The lowest BCUT2D eigenvalue weighted by Crippen LogP contribution is -2.08. The number of ether oxygens (including phenoxy) is 1. The summed E-state index contributed by atoms with van der Waals surface area (Å²) in [6.45, 7) is 8.07. The Morgan fingerprint density at radius 1 is 1.38 bits per heavy atom. The predicted molar refractivity (Wildman–Crippen MR) is 59.9 cm³/mol. The number of aliphatic carboxylic acids is 1. The molecule has 0 aromatic rings. The van der Waals surface area contributed by atoms with E-state index >= 15 is 0 Å². The van der Waals surface area contributed by atoms with Gasteiger partial charge in [0.05, 0.1) is 6.61 Å². The monoisotopic (exact) mass is 230 g/mol. The predicted octanol–water partition coefficient (Wildman–Crippen LogP) is 1.14. The fraction of sp³-hybridized carbons (Fsp3) is 0.455. The van der Waals surface area contributed by atoms with E-state index in [2.05, 4.69) is 11.3 Å². The molecule has 0 amide bonds.